The van der Waals surface area contributed by atoms with Crippen molar-refractivity contribution in [1.29, 1.82) is 0 Å². The van der Waals surface area contributed by atoms with E-state index < -0.39 is 0 Å². The molecule has 98 valence electrons. The Morgan fingerprint density at radius 3 is 2.67 bits per heavy atom. The van der Waals surface area contributed by atoms with E-state index in [1.54, 1.807) is 0 Å². The molecule has 2 aliphatic heterocycles. The van der Waals surface area contributed by atoms with E-state index in [1.165, 1.54) is 5.56 Å². The van der Waals surface area contributed by atoms with Crippen LogP contribution in [-0.4, -0.2) is 24.6 Å². The first kappa shape index (κ1) is 12.2. The Bertz CT molecular complexity index is 392. The van der Waals surface area contributed by atoms with Crippen LogP contribution in [0.5, 0.6) is 0 Å². The Hall–Kier alpha value is -0.900. The van der Waals surface area contributed by atoms with Crippen LogP contribution in [-0.2, 0) is 20.8 Å². The van der Waals surface area contributed by atoms with E-state index in [2.05, 4.69) is 26.0 Å². The Morgan fingerprint density at radius 2 is 1.94 bits per heavy atom. The van der Waals surface area contributed by atoms with Crippen LogP contribution in [0.3, 0.4) is 0 Å². The topological polar surface area (TPSA) is 31.0 Å². The first-order valence-corrected chi connectivity index (χ1v) is 6.76. The number of benzene rings is 1. The summed E-state index contributed by atoms with van der Waals surface area (Å²) >= 11 is 0. The predicted molar refractivity (Wildman–Crippen MR) is 68.0 cm³/mol. The lowest BCUT2D eigenvalue weighted by molar-refractivity contribution is -0.110. The van der Waals surface area contributed by atoms with Gasteiger partial charge in [0, 0.05) is 5.92 Å². The van der Waals surface area contributed by atoms with E-state index in [9.17, 15) is 0 Å². The van der Waals surface area contributed by atoms with Gasteiger partial charge in [-0.05, 0) is 12.0 Å². The highest BCUT2D eigenvalue weighted by Gasteiger charge is 2.55. The average molecular weight is 248 g/mol. The molecule has 1 aromatic rings. The molecule has 3 nitrogen and oxygen atoms in total. The summed E-state index contributed by atoms with van der Waals surface area (Å²) in [5.41, 5.74) is 1.21. The molecule has 2 saturated heterocycles. The van der Waals surface area contributed by atoms with E-state index in [-0.39, 0.29) is 24.6 Å². The lowest BCUT2D eigenvalue weighted by Crippen LogP contribution is -2.42. The van der Waals surface area contributed by atoms with Gasteiger partial charge < -0.3 is 14.2 Å². The molecule has 0 amide bonds. The number of hydrogen-bond donors (Lipinski definition) is 0. The van der Waals surface area contributed by atoms with Crippen molar-refractivity contribution < 1.29 is 14.2 Å². The van der Waals surface area contributed by atoms with Gasteiger partial charge in [-0.15, -0.1) is 0 Å². The maximum atomic E-state index is 6.06. The van der Waals surface area contributed by atoms with Crippen LogP contribution in [0.15, 0.2) is 30.3 Å². The molecule has 3 rings (SSSR count). The van der Waals surface area contributed by atoms with Gasteiger partial charge in [-0.3, -0.25) is 0 Å². The molecule has 2 aliphatic rings. The third-order valence-corrected chi connectivity index (χ3v) is 3.91. The van der Waals surface area contributed by atoms with Crippen molar-refractivity contribution in [2.45, 2.75) is 51.5 Å². The summed E-state index contributed by atoms with van der Waals surface area (Å²) in [6.45, 7) is 5.00. The van der Waals surface area contributed by atoms with E-state index in [0.29, 0.717) is 12.5 Å². The highest BCUT2D eigenvalue weighted by molar-refractivity contribution is 5.13. The molecule has 0 unspecified atom stereocenters. The van der Waals surface area contributed by atoms with Crippen LogP contribution in [0.25, 0.3) is 0 Å². The molecular formula is C15H20O3. The second kappa shape index (κ2) is 5.00. The van der Waals surface area contributed by atoms with Crippen molar-refractivity contribution in [1.82, 2.24) is 0 Å². The SMILES string of the molecule is CC[C@H]1O[C@@H]2O[C@@H]2[C@@H](OCc2ccccc2)[C@H]1C. The molecule has 0 radical (unpaired) electrons. The van der Waals surface area contributed by atoms with Crippen LogP contribution in [0.4, 0.5) is 0 Å². The fourth-order valence-electron chi connectivity index (χ4n) is 2.74. The average Bonchev–Trinajstić information content (AvgIpc) is 3.17. The first-order valence-electron chi connectivity index (χ1n) is 6.76. The highest BCUT2D eigenvalue weighted by atomic mass is 16.8. The summed E-state index contributed by atoms with van der Waals surface area (Å²) in [6.07, 6.45) is 1.56. The monoisotopic (exact) mass is 248 g/mol. The summed E-state index contributed by atoms with van der Waals surface area (Å²) in [7, 11) is 0. The van der Waals surface area contributed by atoms with Crippen LogP contribution >= 0.6 is 0 Å². The molecule has 0 spiro atoms. The largest absolute Gasteiger partial charge is 0.370 e. The Morgan fingerprint density at radius 1 is 1.17 bits per heavy atom. The molecule has 0 bridgehead atoms. The zero-order chi connectivity index (χ0) is 12.5. The smallest absolute Gasteiger partial charge is 0.187 e. The van der Waals surface area contributed by atoms with Gasteiger partial charge in [-0.1, -0.05) is 44.2 Å². The summed E-state index contributed by atoms with van der Waals surface area (Å²) in [4.78, 5) is 0. The molecule has 18 heavy (non-hydrogen) atoms. The molecular weight excluding hydrogens is 228 g/mol. The summed E-state index contributed by atoms with van der Waals surface area (Å²) in [5.74, 6) is 0.391. The van der Waals surface area contributed by atoms with Crippen molar-refractivity contribution in [2.24, 2.45) is 5.92 Å². The van der Waals surface area contributed by atoms with Gasteiger partial charge in [0.2, 0.25) is 0 Å². The van der Waals surface area contributed by atoms with Gasteiger partial charge in [-0.2, -0.15) is 0 Å². The van der Waals surface area contributed by atoms with Gasteiger partial charge >= 0.3 is 0 Å². The maximum Gasteiger partial charge on any atom is 0.187 e. The summed E-state index contributed by atoms with van der Waals surface area (Å²) in [6, 6.07) is 10.3. The normalized spacial score (nSPS) is 38.2. The van der Waals surface area contributed by atoms with E-state index in [0.717, 1.165) is 6.42 Å². The molecule has 0 aromatic heterocycles. The summed E-state index contributed by atoms with van der Waals surface area (Å²) < 4.78 is 17.4. The van der Waals surface area contributed by atoms with E-state index in [1.807, 2.05) is 18.2 Å². The molecule has 3 heteroatoms. The number of epoxide rings is 1. The van der Waals surface area contributed by atoms with Gasteiger partial charge in [0.05, 0.1) is 18.8 Å². The molecule has 0 saturated carbocycles. The number of rotatable bonds is 4. The lowest BCUT2D eigenvalue weighted by Gasteiger charge is -2.32. The second-order valence-corrected chi connectivity index (χ2v) is 5.17. The Kier molecular flexibility index (Phi) is 3.37. The van der Waals surface area contributed by atoms with Crippen LogP contribution in [0.2, 0.25) is 0 Å². The third kappa shape index (κ3) is 2.30. The van der Waals surface area contributed by atoms with Crippen LogP contribution in [0, 0.1) is 5.92 Å². The zero-order valence-electron chi connectivity index (χ0n) is 10.9. The minimum atomic E-state index is -0.0214. The van der Waals surface area contributed by atoms with Crippen molar-refractivity contribution in [3.8, 4) is 0 Å². The quantitative estimate of drug-likeness (QED) is 0.768. The van der Waals surface area contributed by atoms with Gasteiger partial charge in [0.25, 0.3) is 0 Å². The Labute approximate surface area is 108 Å². The van der Waals surface area contributed by atoms with Crippen molar-refractivity contribution in [3.05, 3.63) is 35.9 Å². The first-order chi connectivity index (χ1) is 8.79. The number of hydrogen-bond acceptors (Lipinski definition) is 3. The maximum absolute atomic E-state index is 6.06. The fourth-order valence-corrected chi connectivity index (χ4v) is 2.74. The fraction of sp³-hybridized carbons (Fsp3) is 0.600. The lowest BCUT2D eigenvalue weighted by atomic mass is 9.91. The standard InChI is InChI=1S/C15H20O3/c1-3-12-10(2)13(14-15(17-12)18-14)16-9-11-7-5-4-6-8-11/h4-8,10,12-15H,3,9H2,1-2H3/t10-,12+,13-,14+,15+/m0/s1. The van der Waals surface area contributed by atoms with Crippen molar-refractivity contribution in [2.75, 3.05) is 0 Å². The molecule has 5 atom stereocenters. The number of ether oxygens (including phenoxy) is 3. The molecule has 0 aliphatic carbocycles. The Balaban J connectivity index is 1.61. The van der Waals surface area contributed by atoms with Gasteiger partial charge in [0.15, 0.2) is 6.29 Å². The minimum absolute atomic E-state index is 0.0214. The van der Waals surface area contributed by atoms with E-state index in [4.69, 9.17) is 14.2 Å². The van der Waals surface area contributed by atoms with Crippen molar-refractivity contribution in [3.63, 3.8) is 0 Å². The summed E-state index contributed by atoms with van der Waals surface area (Å²) in [5, 5.41) is 0. The van der Waals surface area contributed by atoms with Gasteiger partial charge in [0.1, 0.15) is 6.10 Å². The van der Waals surface area contributed by atoms with E-state index >= 15 is 0 Å². The number of fused-ring (bicyclic) bond motifs is 1. The zero-order valence-corrected chi connectivity index (χ0v) is 10.9. The van der Waals surface area contributed by atoms with Crippen LogP contribution < -0.4 is 0 Å². The molecule has 0 N–H and O–H groups in total. The minimum Gasteiger partial charge on any atom is -0.370 e. The highest BCUT2D eigenvalue weighted by Crippen LogP contribution is 2.41. The van der Waals surface area contributed by atoms with Gasteiger partial charge in [-0.25, -0.2) is 0 Å². The molecule has 1 aromatic carbocycles. The predicted octanol–water partition coefficient (Wildman–Crippen LogP) is 2.74. The third-order valence-electron chi connectivity index (χ3n) is 3.91. The second-order valence-electron chi connectivity index (χ2n) is 5.17. The van der Waals surface area contributed by atoms with Crippen molar-refractivity contribution >= 4 is 0 Å². The van der Waals surface area contributed by atoms with Crippen LogP contribution in [0.1, 0.15) is 25.8 Å². The molecule has 2 heterocycles. The molecule has 2 fully saturated rings.